The number of nitrogens with zero attached hydrogens (tertiary/aromatic N) is 1. The number of ether oxygens (including phenoxy) is 3. The summed E-state index contributed by atoms with van der Waals surface area (Å²) in [4.78, 5) is 16.8. The molecule has 1 heterocycles. The van der Waals surface area contributed by atoms with E-state index in [-0.39, 0.29) is 29.1 Å². The molecule has 4 fully saturated rings. The molecule has 8 nitrogen and oxygen atoms in total. The fraction of sp³-hybridized carbons (Fsp3) is 0.688. The number of benzene rings is 1. The van der Waals surface area contributed by atoms with Gasteiger partial charge in [0.15, 0.2) is 11.5 Å². The van der Waals surface area contributed by atoms with Crippen LogP contribution in [0, 0.1) is 28.6 Å². The quantitative estimate of drug-likeness (QED) is 0.360. The molecular weight excluding hydrogens is 510 g/mol. The van der Waals surface area contributed by atoms with E-state index < -0.39 is 22.7 Å². The van der Waals surface area contributed by atoms with Crippen molar-refractivity contribution < 1.29 is 34.3 Å². The van der Waals surface area contributed by atoms with E-state index in [4.69, 9.17) is 19.2 Å². The zero-order valence-corrected chi connectivity index (χ0v) is 23.9. The summed E-state index contributed by atoms with van der Waals surface area (Å²) in [5.41, 5.74) is -0.937. The van der Waals surface area contributed by atoms with Gasteiger partial charge < -0.3 is 29.5 Å². The lowest BCUT2D eigenvalue weighted by Gasteiger charge is -2.65. The number of rotatable bonds is 6. The summed E-state index contributed by atoms with van der Waals surface area (Å²) in [6.45, 7) is 2.96. The Bertz CT molecular complexity index is 1230. The molecule has 3 N–H and O–H groups in total. The molecule has 1 aliphatic heterocycles. The molecule has 0 bridgehead atoms. The van der Waals surface area contributed by atoms with E-state index in [1.54, 1.807) is 20.3 Å². The molecular formula is C32H43NO7. The predicted octanol–water partition coefficient (Wildman–Crippen LogP) is 3.99. The van der Waals surface area contributed by atoms with Gasteiger partial charge in [0.1, 0.15) is 6.61 Å². The highest BCUT2D eigenvalue weighted by atomic mass is 16.5. The largest absolute Gasteiger partial charge is 0.493 e. The lowest BCUT2D eigenvalue weighted by molar-refractivity contribution is -0.237. The minimum Gasteiger partial charge on any atom is -0.493 e. The average molecular weight is 554 g/mol. The number of hydrogen-bond donors (Lipinski definition) is 3. The molecule has 218 valence electrons. The number of carbonyl (C=O) groups is 1. The molecule has 0 aromatic heterocycles. The summed E-state index contributed by atoms with van der Waals surface area (Å²) < 4.78 is 16.1. The molecule has 4 aliphatic carbocycles. The number of methoxy groups -OCH3 is 2. The maximum absolute atomic E-state index is 12.6. The van der Waals surface area contributed by atoms with Gasteiger partial charge in [0.25, 0.3) is 0 Å². The molecule has 6 rings (SSSR count). The topological polar surface area (TPSA) is 118 Å². The number of aliphatic hydroxyl groups is 3. The third-order valence-electron chi connectivity index (χ3n) is 11.7. The third kappa shape index (κ3) is 3.97. The van der Waals surface area contributed by atoms with Crippen molar-refractivity contribution >= 4 is 12.2 Å². The second-order valence-corrected chi connectivity index (χ2v) is 13.2. The molecule has 8 heteroatoms. The molecule has 8 atom stereocenters. The normalized spacial score (nSPS) is 42.5. The summed E-state index contributed by atoms with van der Waals surface area (Å²) in [6.07, 6.45) is 9.12. The fourth-order valence-electron chi connectivity index (χ4n) is 9.65. The molecule has 5 aliphatic rings. The monoisotopic (exact) mass is 553 g/mol. The van der Waals surface area contributed by atoms with Crippen molar-refractivity contribution in [3.05, 3.63) is 35.4 Å². The minimum atomic E-state index is -1.07. The minimum absolute atomic E-state index is 0.0120. The lowest BCUT2D eigenvalue weighted by Crippen LogP contribution is -2.68. The standard InChI is InChI=1S/C32H43NO7/c1-29-10-7-24-25(32(29,37)13-9-23(29)21-15-28(35)40-18-21)8-12-31(36)16-22(34)6-11-30(24,31)19-33-17-20-4-5-26(38-2)27(14-20)39-3/h4-5,14-15,19,22-25,34,36-37H,6-13,16-18H2,1-3H3/t22-,23-,24+,25-,29-,30+,31-,32-/m1/s1. The van der Waals surface area contributed by atoms with Crippen molar-refractivity contribution in [2.45, 2.75) is 88.6 Å². The second-order valence-electron chi connectivity index (χ2n) is 13.2. The SMILES string of the molecule is COc1ccc(CN=C[C@]23CC[C@@H](O)C[C@]2(O)CC[C@@H]2[C@@H]3CC[C@]3(C)[C@@H](C4=CC(=O)OC4)CC[C@@]23O)cc1OC. The van der Waals surface area contributed by atoms with Crippen LogP contribution in [-0.2, 0) is 16.1 Å². The van der Waals surface area contributed by atoms with Gasteiger partial charge in [-0.2, -0.15) is 0 Å². The van der Waals surface area contributed by atoms with Crippen molar-refractivity contribution in [2.75, 3.05) is 20.8 Å². The zero-order chi connectivity index (χ0) is 28.3. The Hall–Kier alpha value is -2.42. The van der Waals surface area contributed by atoms with Crippen LogP contribution in [0.2, 0.25) is 0 Å². The van der Waals surface area contributed by atoms with Crippen LogP contribution in [0.15, 0.2) is 34.8 Å². The van der Waals surface area contributed by atoms with Crippen LogP contribution in [0.4, 0.5) is 0 Å². The van der Waals surface area contributed by atoms with E-state index >= 15 is 0 Å². The van der Waals surface area contributed by atoms with E-state index in [2.05, 4.69) is 6.92 Å². The first-order valence-corrected chi connectivity index (χ1v) is 14.8. The van der Waals surface area contributed by atoms with E-state index in [1.807, 2.05) is 24.4 Å². The first-order chi connectivity index (χ1) is 19.1. The average Bonchev–Trinajstić information content (AvgIpc) is 3.48. The van der Waals surface area contributed by atoms with Gasteiger partial charge in [0.05, 0.1) is 38.1 Å². The Balaban J connectivity index is 1.33. The maximum atomic E-state index is 12.6. The third-order valence-corrected chi connectivity index (χ3v) is 11.7. The Morgan fingerprint density at radius 2 is 1.80 bits per heavy atom. The molecule has 0 amide bonds. The first-order valence-electron chi connectivity index (χ1n) is 14.8. The molecule has 40 heavy (non-hydrogen) atoms. The molecule has 1 aromatic rings. The molecule has 0 spiro atoms. The van der Waals surface area contributed by atoms with Crippen molar-refractivity contribution in [3.63, 3.8) is 0 Å². The number of aliphatic hydroxyl groups excluding tert-OH is 1. The predicted molar refractivity (Wildman–Crippen MR) is 149 cm³/mol. The molecule has 4 saturated carbocycles. The number of cyclic esters (lactones) is 1. The Morgan fingerprint density at radius 3 is 2.52 bits per heavy atom. The summed E-state index contributed by atoms with van der Waals surface area (Å²) in [7, 11) is 3.23. The van der Waals surface area contributed by atoms with Crippen LogP contribution in [0.1, 0.15) is 70.3 Å². The molecule has 1 aromatic carbocycles. The highest BCUT2D eigenvalue weighted by Crippen LogP contribution is 2.70. The molecule has 0 radical (unpaired) electrons. The summed E-state index contributed by atoms with van der Waals surface area (Å²) in [5.74, 6) is 1.22. The van der Waals surface area contributed by atoms with Crippen molar-refractivity contribution in [3.8, 4) is 11.5 Å². The number of carbonyl (C=O) groups excluding carboxylic acids is 1. The van der Waals surface area contributed by atoms with Crippen molar-refractivity contribution in [1.29, 1.82) is 0 Å². The van der Waals surface area contributed by atoms with Gasteiger partial charge >= 0.3 is 5.97 Å². The van der Waals surface area contributed by atoms with Gasteiger partial charge in [-0.1, -0.05) is 13.0 Å². The second kappa shape index (κ2) is 9.85. The number of fused-ring (bicyclic) bond motifs is 5. The smallest absolute Gasteiger partial charge is 0.331 e. The highest BCUT2D eigenvalue weighted by molar-refractivity contribution is 5.85. The fourth-order valence-corrected chi connectivity index (χ4v) is 9.65. The Morgan fingerprint density at radius 1 is 1.02 bits per heavy atom. The van der Waals surface area contributed by atoms with Crippen LogP contribution in [0.5, 0.6) is 11.5 Å². The van der Waals surface area contributed by atoms with Crippen LogP contribution in [0.25, 0.3) is 0 Å². The molecule has 0 unspecified atom stereocenters. The van der Waals surface area contributed by atoms with Crippen LogP contribution < -0.4 is 9.47 Å². The molecule has 0 saturated heterocycles. The van der Waals surface area contributed by atoms with Crippen LogP contribution >= 0.6 is 0 Å². The van der Waals surface area contributed by atoms with E-state index in [0.717, 1.165) is 30.4 Å². The summed E-state index contributed by atoms with van der Waals surface area (Å²) >= 11 is 0. The lowest BCUT2D eigenvalue weighted by atomic mass is 9.41. The zero-order valence-electron chi connectivity index (χ0n) is 23.9. The van der Waals surface area contributed by atoms with Gasteiger partial charge in [0.2, 0.25) is 0 Å². The van der Waals surface area contributed by atoms with E-state index in [9.17, 15) is 20.1 Å². The van der Waals surface area contributed by atoms with Gasteiger partial charge in [-0.15, -0.1) is 0 Å². The number of esters is 1. The van der Waals surface area contributed by atoms with Crippen LogP contribution in [0.3, 0.4) is 0 Å². The first kappa shape index (κ1) is 27.7. The van der Waals surface area contributed by atoms with Crippen molar-refractivity contribution in [1.82, 2.24) is 0 Å². The number of hydrogen-bond acceptors (Lipinski definition) is 8. The highest BCUT2D eigenvalue weighted by Gasteiger charge is 2.71. The van der Waals surface area contributed by atoms with Gasteiger partial charge in [0, 0.05) is 29.5 Å². The summed E-state index contributed by atoms with van der Waals surface area (Å²) in [5, 5.41) is 35.4. The maximum Gasteiger partial charge on any atom is 0.331 e. The Kier molecular flexibility index (Phi) is 6.83. The number of aliphatic imine (C=N–C) groups is 1. The van der Waals surface area contributed by atoms with Crippen LogP contribution in [-0.4, -0.2) is 65.6 Å². The van der Waals surface area contributed by atoms with Crippen molar-refractivity contribution in [2.24, 2.45) is 33.6 Å². The van der Waals surface area contributed by atoms with E-state index in [1.165, 1.54) is 0 Å². The Labute approximate surface area is 236 Å². The summed E-state index contributed by atoms with van der Waals surface area (Å²) in [6, 6.07) is 5.77. The van der Waals surface area contributed by atoms with Gasteiger partial charge in [-0.25, -0.2) is 4.79 Å². The van der Waals surface area contributed by atoms with Gasteiger partial charge in [-0.3, -0.25) is 4.99 Å². The van der Waals surface area contributed by atoms with E-state index in [0.29, 0.717) is 63.2 Å². The van der Waals surface area contributed by atoms with Gasteiger partial charge in [-0.05, 0) is 92.4 Å².